The highest BCUT2D eigenvalue weighted by molar-refractivity contribution is 6.80. The lowest BCUT2D eigenvalue weighted by Gasteiger charge is -2.46. The van der Waals surface area contributed by atoms with Crippen molar-refractivity contribution in [2.24, 2.45) is 17.3 Å². The van der Waals surface area contributed by atoms with E-state index >= 15 is 0 Å². The zero-order valence-corrected chi connectivity index (χ0v) is 29.8. The van der Waals surface area contributed by atoms with Gasteiger partial charge in [-0.2, -0.15) is 0 Å². The molecule has 0 spiro atoms. The SMILES string of the molecule is C=CCC[C@H](C)C[C@H](O)/C=C/[C@]1(O[Si](c2ccccc2)c2ccccc2)[C@@H]2Oc3cccc(OCC(=O)OC)c3O[C@H]2C[C@@H]1C(C)(C)C. The van der Waals surface area contributed by atoms with Crippen molar-refractivity contribution in [3.05, 3.63) is 104 Å². The average molecular weight is 670 g/mol. The molecule has 5 rings (SSSR count). The van der Waals surface area contributed by atoms with Crippen molar-refractivity contribution in [3.8, 4) is 17.2 Å². The summed E-state index contributed by atoms with van der Waals surface area (Å²) < 4.78 is 31.9. The lowest BCUT2D eigenvalue weighted by molar-refractivity contribution is -0.143. The van der Waals surface area contributed by atoms with E-state index < -0.39 is 32.8 Å². The lowest BCUT2D eigenvalue weighted by Crippen LogP contribution is -2.60. The van der Waals surface area contributed by atoms with Crippen molar-refractivity contribution in [1.29, 1.82) is 0 Å². The third kappa shape index (κ3) is 8.05. The summed E-state index contributed by atoms with van der Waals surface area (Å²) in [4.78, 5) is 11.9. The van der Waals surface area contributed by atoms with Crippen LogP contribution >= 0.6 is 0 Å². The van der Waals surface area contributed by atoms with E-state index in [4.69, 9.17) is 23.4 Å². The first kappa shape index (κ1) is 35.5. The van der Waals surface area contributed by atoms with Gasteiger partial charge in [0.05, 0.1) is 13.2 Å². The number of ether oxygens (including phenoxy) is 4. The third-order valence-corrected chi connectivity index (χ3v) is 11.6. The predicted molar refractivity (Wildman–Crippen MR) is 190 cm³/mol. The topological polar surface area (TPSA) is 83.5 Å². The predicted octanol–water partition coefficient (Wildman–Crippen LogP) is 6.28. The van der Waals surface area contributed by atoms with Gasteiger partial charge in [0.2, 0.25) is 5.75 Å². The zero-order valence-electron chi connectivity index (χ0n) is 28.8. The Bertz CT molecular complexity index is 1500. The van der Waals surface area contributed by atoms with Gasteiger partial charge >= 0.3 is 5.97 Å². The molecule has 0 aromatic heterocycles. The first-order chi connectivity index (χ1) is 23.1. The highest BCUT2D eigenvalue weighted by atomic mass is 28.3. The van der Waals surface area contributed by atoms with Crippen LogP contribution in [0.1, 0.15) is 53.4 Å². The summed E-state index contributed by atoms with van der Waals surface area (Å²) in [5, 5.41) is 13.6. The molecule has 2 aliphatic rings. The second-order valence-corrected chi connectivity index (χ2v) is 16.0. The molecule has 3 aromatic rings. The van der Waals surface area contributed by atoms with E-state index in [0.29, 0.717) is 36.0 Å². The van der Waals surface area contributed by atoms with Crippen LogP contribution in [0, 0.1) is 17.3 Å². The normalized spacial score (nSPS) is 23.0. The molecule has 0 unspecified atom stereocenters. The molecule has 255 valence electrons. The van der Waals surface area contributed by atoms with Crippen LogP contribution < -0.4 is 24.6 Å². The molecule has 7 nitrogen and oxygen atoms in total. The van der Waals surface area contributed by atoms with Crippen molar-refractivity contribution in [3.63, 3.8) is 0 Å². The van der Waals surface area contributed by atoms with Crippen molar-refractivity contribution in [2.45, 2.75) is 77.3 Å². The molecule has 0 saturated heterocycles. The van der Waals surface area contributed by atoms with Crippen LogP contribution in [0.4, 0.5) is 0 Å². The molecule has 3 aromatic carbocycles. The number of aliphatic hydroxyl groups is 1. The number of allylic oxidation sites excluding steroid dienone is 1. The van der Waals surface area contributed by atoms with E-state index in [0.717, 1.165) is 23.2 Å². The summed E-state index contributed by atoms with van der Waals surface area (Å²) in [5.74, 6) is 1.18. The van der Waals surface area contributed by atoms with Gasteiger partial charge in [-0.15, -0.1) is 6.58 Å². The van der Waals surface area contributed by atoms with Crippen LogP contribution in [0.5, 0.6) is 17.2 Å². The zero-order chi connectivity index (χ0) is 34.3. The summed E-state index contributed by atoms with van der Waals surface area (Å²) in [7, 11) is -0.497. The molecule has 1 aliphatic heterocycles. The fourth-order valence-corrected chi connectivity index (χ4v) is 9.17. The van der Waals surface area contributed by atoms with E-state index in [-0.39, 0.29) is 24.0 Å². The van der Waals surface area contributed by atoms with Crippen molar-refractivity contribution < 1.29 is 33.3 Å². The minimum absolute atomic E-state index is 0.0530. The van der Waals surface area contributed by atoms with E-state index in [2.05, 4.69) is 64.6 Å². The van der Waals surface area contributed by atoms with Crippen molar-refractivity contribution >= 4 is 25.4 Å². The highest BCUT2D eigenvalue weighted by Gasteiger charge is 2.63. The number of methoxy groups -OCH3 is 1. The second-order valence-electron chi connectivity index (χ2n) is 13.9. The third-order valence-electron chi connectivity index (χ3n) is 9.32. The molecule has 8 heteroatoms. The minimum Gasteiger partial charge on any atom is -0.479 e. The first-order valence-corrected chi connectivity index (χ1v) is 18.3. The highest BCUT2D eigenvalue weighted by Crippen LogP contribution is 2.55. The number of hydrogen-bond donors (Lipinski definition) is 1. The van der Waals surface area contributed by atoms with Crippen LogP contribution in [0.25, 0.3) is 0 Å². The summed E-state index contributed by atoms with van der Waals surface area (Å²) in [6.45, 7) is 12.5. The number of rotatable bonds is 14. The Morgan fingerprint density at radius 2 is 1.71 bits per heavy atom. The second kappa shape index (κ2) is 15.6. The molecule has 6 atom stereocenters. The van der Waals surface area contributed by atoms with Gasteiger partial charge in [0.15, 0.2) is 24.2 Å². The molecule has 0 amide bonds. The largest absolute Gasteiger partial charge is 0.479 e. The van der Waals surface area contributed by atoms with Crippen LogP contribution in [0.2, 0.25) is 0 Å². The standard InChI is InChI=1S/C40H49O7Si/c1-7-8-16-28(2)25-29(41)23-24-40(47-48(30-17-11-9-12-18-30)31-19-13-10-14-20-31)35(39(3,4)5)26-34-38(40)46-33-22-15-21-32(37(33)45-34)44-27-36(42)43-6/h7,9-15,17-24,28-29,34-35,38,41H,1,8,16,25-27H2,2-6H3/b24-23+/t28-,29+,34-,35+,38+,40+/m0/s1. The molecule has 1 saturated carbocycles. The Hall–Kier alpha value is -3.85. The minimum atomic E-state index is -1.82. The number of carbonyl (C=O) groups is 1. The fraction of sp³-hybridized carbons (Fsp3) is 0.425. The smallest absolute Gasteiger partial charge is 0.343 e. The van der Waals surface area contributed by atoms with Crippen molar-refractivity contribution in [1.82, 2.24) is 0 Å². The summed E-state index contributed by atoms with van der Waals surface area (Å²) in [6.07, 6.45) is 7.51. The maximum absolute atomic E-state index is 11.9. The number of esters is 1. The molecular formula is C40H49O7Si. The van der Waals surface area contributed by atoms with Gasteiger partial charge < -0.3 is 28.5 Å². The van der Waals surface area contributed by atoms with E-state index in [1.165, 1.54) is 7.11 Å². The number of benzene rings is 3. The number of aliphatic hydroxyl groups excluding tert-OH is 1. The number of hydrogen-bond acceptors (Lipinski definition) is 7. The molecule has 1 fully saturated rings. The maximum Gasteiger partial charge on any atom is 0.343 e. The average Bonchev–Trinajstić information content (AvgIpc) is 3.41. The van der Waals surface area contributed by atoms with Crippen LogP contribution in [-0.4, -0.2) is 57.7 Å². The molecule has 1 heterocycles. The molecule has 0 bridgehead atoms. The quantitative estimate of drug-likeness (QED) is 0.123. The molecule has 1 aliphatic carbocycles. The fourth-order valence-electron chi connectivity index (χ4n) is 6.93. The van der Waals surface area contributed by atoms with Gasteiger partial charge in [-0.1, -0.05) is 113 Å². The number of para-hydroxylation sites is 1. The Labute approximate surface area is 287 Å². The molecule has 48 heavy (non-hydrogen) atoms. The van der Waals surface area contributed by atoms with E-state index in [1.54, 1.807) is 6.07 Å². The van der Waals surface area contributed by atoms with Gasteiger partial charge in [-0.05, 0) is 59.5 Å². The van der Waals surface area contributed by atoms with Crippen LogP contribution in [0.3, 0.4) is 0 Å². The van der Waals surface area contributed by atoms with Gasteiger partial charge in [-0.3, -0.25) is 0 Å². The lowest BCUT2D eigenvalue weighted by atomic mass is 9.71. The van der Waals surface area contributed by atoms with Gasteiger partial charge in [0.1, 0.15) is 11.7 Å². The van der Waals surface area contributed by atoms with Gasteiger partial charge in [0.25, 0.3) is 9.04 Å². The van der Waals surface area contributed by atoms with Crippen LogP contribution in [-0.2, 0) is 14.0 Å². The summed E-state index contributed by atoms with van der Waals surface area (Å²) >= 11 is 0. The van der Waals surface area contributed by atoms with Crippen LogP contribution in [0.15, 0.2) is 104 Å². The molecular weight excluding hydrogens is 621 g/mol. The van der Waals surface area contributed by atoms with E-state index in [9.17, 15) is 9.90 Å². The Morgan fingerprint density at radius 1 is 1.04 bits per heavy atom. The summed E-state index contributed by atoms with van der Waals surface area (Å²) in [6, 6.07) is 26.2. The first-order valence-electron chi connectivity index (χ1n) is 16.9. The summed E-state index contributed by atoms with van der Waals surface area (Å²) in [5.41, 5.74) is -1.19. The van der Waals surface area contributed by atoms with Gasteiger partial charge in [-0.25, -0.2) is 4.79 Å². The molecule has 1 radical (unpaired) electrons. The molecule has 1 N–H and O–H groups in total. The van der Waals surface area contributed by atoms with E-state index in [1.807, 2.05) is 60.7 Å². The number of carbonyl (C=O) groups excluding carboxylic acids is 1. The van der Waals surface area contributed by atoms with Gasteiger partial charge in [0, 0.05) is 5.92 Å². The number of fused-ring (bicyclic) bond motifs is 2. The monoisotopic (exact) mass is 669 g/mol. The Morgan fingerprint density at radius 3 is 2.31 bits per heavy atom. The maximum atomic E-state index is 11.9. The Balaban J connectivity index is 1.61. The van der Waals surface area contributed by atoms with Crippen molar-refractivity contribution in [2.75, 3.05) is 13.7 Å². The Kier molecular flexibility index (Phi) is 11.5.